The van der Waals surface area contributed by atoms with E-state index >= 15 is 0 Å². The van der Waals surface area contributed by atoms with Crippen LogP contribution in [-0.2, 0) is 21.4 Å². The second kappa shape index (κ2) is 8.67. The van der Waals surface area contributed by atoms with Gasteiger partial charge in [0.25, 0.3) is 0 Å². The Bertz CT molecular complexity index is 523. The fraction of sp³-hybridized carbons (Fsp3) is 0.688. The minimum absolute atomic E-state index is 0.0455. The number of hydrogen-bond donors (Lipinski definition) is 2. The van der Waals surface area contributed by atoms with Gasteiger partial charge in [-0.25, -0.2) is 0 Å². The highest BCUT2D eigenvalue weighted by atomic mass is 16.5. The monoisotopic (exact) mass is 322 g/mol. The van der Waals surface area contributed by atoms with Crippen LogP contribution in [0.4, 0.5) is 0 Å². The molecule has 1 atom stereocenters. The Hall–Kier alpha value is -1.89. The van der Waals surface area contributed by atoms with Crippen LogP contribution >= 0.6 is 0 Å². The zero-order chi connectivity index (χ0) is 16.7. The fourth-order valence-corrected chi connectivity index (χ4v) is 2.96. The summed E-state index contributed by atoms with van der Waals surface area (Å²) in [5.41, 5.74) is 0.871. The Balaban J connectivity index is 1.77. The summed E-state index contributed by atoms with van der Waals surface area (Å²) in [6, 6.07) is 1.87. The maximum atomic E-state index is 12.1. The van der Waals surface area contributed by atoms with E-state index in [0.29, 0.717) is 12.6 Å². The van der Waals surface area contributed by atoms with Crippen LogP contribution in [0.3, 0.4) is 0 Å². The molecule has 1 aliphatic carbocycles. The van der Waals surface area contributed by atoms with E-state index in [0.717, 1.165) is 18.5 Å². The maximum Gasteiger partial charge on any atom is 0.221 e. The summed E-state index contributed by atoms with van der Waals surface area (Å²) >= 11 is 0. The van der Waals surface area contributed by atoms with E-state index in [1.807, 2.05) is 13.1 Å². The molecule has 128 valence electrons. The molecule has 0 unspecified atom stereocenters. The Morgan fingerprint density at radius 1 is 1.35 bits per heavy atom. The second-order valence-corrected chi connectivity index (χ2v) is 6.00. The summed E-state index contributed by atoms with van der Waals surface area (Å²) < 4.78 is 6.87. The summed E-state index contributed by atoms with van der Waals surface area (Å²) in [5.74, 6) is -0.203. The van der Waals surface area contributed by atoms with Crippen LogP contribution < -0.4 is 10.6 Å². The smallest absolute Gasteiger partial charge is 0.221 e. The number of nitrogens with zero attached hydrogens (tertiary/aromatic N) is 2. The molecule has 1 aromatic rings. The molecule has 2 amide bonds. The standard InChI is InChI=1S/C16H26N4O3/c1-20-14(9-10-17-20)13(11-23-2)19-16(22)8-7-15(21)18-12-5-3-4-6-12/h9-10,12-13H,3-8,11H2,1-2H3,(H,18,21)(H,19,22)/t13-/m1/s1. The van der Waals surface area contributed by atoms with Crippen LogP contribution in [0, 0.1) is 0 Å². The highest BCUT2D eigenvalue weighted by Gasteiger charge is 2.20. The molecule has 2 N–H and O–H groups in total. The molecule has 1 saturated carbocycles. The van der Waals surface area contributed by atoms with Crippen molar-refractivity contribution in [1.82, 2.24) is 20.4 Å². The first kappa shape index (κ1) is 17.5. The van der Waals surface area contributed by atoms with Gasteiger partial charge in [-0.3, -0.25) is 14.3 Å². The van der Waals surface area contributed by atoms with Crippen molar-refractivity contribution in [3.05, 3.63) is 18.0 Å². The summed E-state index contributed by atoms with van der Waals surface area (Å²) in [7, 11) is 3.41. The molecule has 23 heavy (non-hydrogen) atoms. The normalized spacial score (nSPS) is 16.3. The summed E-state index contributed by atoms with van der Waals surface area (Å²) in [6.07, 6.45) is 6.52. The molecule has 0 aliphatic heterocycles. The largest absolute Gasteiger partial charge is 0.382 e. The van der Waals surface area contributed by atoms with Crippen LogP contribution in [0.2, 0.25) is 0 Å². The van der Waals surface area contributed by atoms with Crippen molar-refractivity contribution in [2.45, 2.75) is 50.6 Å². The van der Waals surface area contributed by atoms with Gasteiger partial charge in [0.2, 0.25) is 11.8 Å². The highest BCUT2D eigenvalue weighted by Crippen LogP contribution is 2.17. The SMILES string of the molecule is COC[C@@H](NC(=O)CCC(=O)NC1CCCC1)c1ccnn1C. The van der Waals surface area contributed by atoms with Gasteiger partial charge in [0, 0.05) is 39.2 Å². The number of amides is 2. The van der Waals surface area contributed by atoms with E-state index in [-0.39, 0.29) is 30.7 Å². The van der Waals surface area contributed by atoms with Gasteiger partial charge >= 0.3 is 0 Å². The van der Waals surface area contributed by atoms with Crippen molar-refractivity contribution in [2.75, 3.05) is 13.7 Å². The number of aromatic nitrogens is 2. The van der Waals surface area contributed by atoms with Crippen molar-refractivity contribution in [3.63, 3.8) is 0 Å². The van der Waals surface area contributed by atoms with Gasteiger partial charge in [0.1, 0.15) is 0 Å². The van der Waals surface area contributed by atoms with Gasteiger partial charge in [0.15, 0.2) is 0 Å². The van der Waals surface area contributed by atoms with Gasteiger partial charge in [-0.1, -0.05) is 12.8 Å². The first-order valence-electron chi connectivity index (χ1n) is 8.15. The maximum absolute atomic E-state index is 12.1. The minimum Gasteiger partial charge on any atom is -0.382 e. The molecule has 0 saturated heterocycles. The van der Waals surface area contributed by atoms with E-state index in [1.165, 1.54) is 12.8 Å². The van der Waals surface area contributed by atoms with Crippen LogP contribution in [0.1, 0.15) is 50.3 Å². The summed E-state index contributed by atoms with van der Waals surface area (Å²) in [5, 5.41) is 10.0. The van der Waals surface area contributed by atoms with E-state index in [1.54, 1.807) is 18.0 Å². The number of carbonyl (C=O) groups excluding carboxylic acids is 2. The third kappa shape index (κ3) is 5.35. The van der Waals surface area contributed by atoms with Crippen molar-refractivity contribution < 1.29 is 14.3 Å². The molecule has 0 aromatic carbocycles. The van der Waals surface area contributed by atoms with Crippen molar-refractivity contribution in [2.24, 2.45) is 7.05 Å². The quantitative estimate of drug-likeness (QED) is 0.749. The Morgan fingerprint density at radius 3 is 2.65 bits per heavy atom. The summed E-state index contributed by atoms with van der Waals surface area (Å²) in [6.45, 7) is 0.361. The first-order valence-corrected chi connectivity index (χ1v) is 8.15. The molecule has 1 heterocycles. The lowest BCUT2D eigenvalue weighted by Gasteiger charge is -2.18. The predicted molar refractivity (Wildman–Crippen MR) is 85.6 cm³/mol. The lowest BCUT2D eigenvalue weighted by molar-refractivity contribution is -0.127. The minimum atomic E-state index is -0.266. The highest BCUT2D eigenvalue weighted by molar-refractivity contribution is 5.84. The van der Waals surface area contributed by atoms with E-state index in [2.05, 4.69) is 15.7 Å². The Kier molecular flexibility index (Phi) is 6.58. The van der Waals surface area contributed by atoms with Crippen molar-refractivity contribution in [1.29, 1.82) is 0 Å². The molecule has 0 radical (unpaired) electrons. The number of hydrogen-bond acceptors (Lipinski definition) is 4. The molecular weight excluding hydrogens is 296 g/mol. The predicted octanol–water partition coefficient (Wildman–Crippen LogP) is 1.06. The van der Waals surface area contributed by atoms with Crippen molar-refractivity contribution >= 4 is 11.8 Å². The molecule has 1 aliphatic rings. The number of ether oxygens (including phenoxy) is 1. The molecular formula is C16H26N4O3. The molecule has 1 aromatic heterocycles. The number of aryl methyl sites for hydroxylation is 1. The molecule has 2 rings (SSSR count). The van der Waals surface area contributed by atoms with Crippen LogP contribution in [0.25, 0.3) is 0 Å². The van der Waals surface area contributed by atoms with Crippen LogP contribution in [0.5, 0.6) is 0 Å². The van der Waals surface area contributed by atoms with Gasteiger partial charge in [-0.2, -0.15) is 5.10 Å². The van der Waals surface area contributed by atoms with Gasteiger partial charge < -0.3 is 15.4 Å². The number of methoxy groups -OCH3 is 1. The lowest BCUT2D eigenvalue weighted by atomic mass is 10.2. The van der Waals surface area contributed by atoms with Gasteiger partial charge in [0.05, 0.1) is 18.3 Å². The number of rotatable bonds is 8. The summed E-state index contributed by atoms with van der Waals surface area (Å²) in [4.78, 5) is 24.0. The number of nitrogens with one attached hydrogen (secondary N) is 2. The van der Waals surface area contributed by atoms with Crippen LogP contribution in [0.15, 0.2) is 12.3 Å². The average Bonchev–Trinajstić information content (AvgIpc) is 3.16. The fourth-order valence-electron chi connectivity index (χ4n) is 2.96. The zero-order valence-corrected chi connectivity index (χ0v) is 13.9. The third-order valence-electron chi connectivity index (χ3n) is 4.18. The first-order chi connectivity index (χ1) is 11.1. The van der Waals surface area contributed by atoms with Crippen LogP contribution in [-0.4, -0.2) is 41.4 Å². The van der Waals surface area contributed by atoms with E-state index < -0.39 is 0 Å². The topological polar surface area (TPSA) is 85.2 Å². The van der Waals surface area contributed by atoms with Gasteiger partial charge in [-0.15, -0.1) is 0 Å². The van der Waals surface area contributed by atoms with Crippen molar-refractivity contribution in [3.8, 4) is 0 Å². The second-order valence-electron chi connectivity index (χ2n) is 6.00. The molecule has 7 heteroatoms. The Morgan fingerprint density at radius 2 is 2.04 bits per heavy atom. The molecule has 0 spiro atoms. The molecule has 7 nitrogen and oxygen atoms in total. The van der Waals surface area contributed by atoms with Gasteiger partial charge in [-0.05, 0) is 18.9 Å². The van der Waals surface area contributed by atoms with E-state index in [9.17, 15) is 9.59 Å². The molecule has 1 fully saturated rings. The third-order valence-corrected chi connectivity index (χ3v) is 4.18. The zero-order valence-electron chi connectivity index (χ0n) is 13.9. The molecule has 0 bridgehead atoms. The van der Waals surface area contributed by atoms with E-state index in [4.69, 9.17) is 4.74 Å². The number of carbonyl (C=O) groups is 2. The lowest BCUT2D eigenvalue weighted by Crippen LogP contribution is -2.35. The Labute approximate surface area is 136 Å². The average molecular weight is 322 g/mol.